The zero-order chi connectivity index (χ0) is 19.9. The fourth-order valence-corrected chi connectivity index (χ4v) is 5.03. The lowest BCUT2D eigenvalue weighted by molar-refractivity contribution is 0.314. The molecule has 0 unspecified atom stereocenters. The van der Waals surface area contributed by atoms with Gasteiger partial charge in [0.05, 0.1) is 10.4 Å². The summed E-state index contributed by atoms with van der Waals surface area (Å²) in [6.07, 6.45) is 2.93. The van der Waals surface area contributed by atoms with Gasteiger partial charge >= 0.3 is 5.76 Å². The third-order valence-corrected chi connectivity index (χ3v) is 7.04. The predicted octanol–water partition coefficient (Wildman–Crippen LogP) is 1.51. The Bertz CT molecular complexity index is 1160. The molecule has 3 aromatic rings. The lowest BCUT2D eigenvalue weighted by Gasteiger charge is -2.36. The molecule has 2 aromatic heterocycles. The Labute approximate surface area is 162 Å². The van der Waals surface area contributed by atoms with Crippen LogP contribution in [0, 0.1) is 6.92 Å². The lowest BCUT2D eigenvalue weighted by atomic mass is 10.1. The first kappa shape index (κ1) is 18.6. The first-order valence-corrected chi connectivity index (χ1v) is 10.4. The van der Waals surface area contributed by atoms with Crippen LogP contribution in [0.2, 0.25) is 0 Å². The largest absolute Gasteiger partial charge is 0.417 e. The van der Waals surface area contributed by atoms with Crippen molar-refractivity contribution >= 4 is 26.9 Å². The summed E-state index contributed by atoms with van der Waals surface area (Å²) in [5.74, 6) is 0.233. The Hall–Kier alpha value is -2.72. The van der Waals surface area contributed by atoms with Gasteiger partial charge in [0, 0.05) is 37.9 Å². The van der Waals surface area contributed by atoms with Gasteiger partial charge in [-0.25, -0.2) is 23.2 Å². The average molecular weight is 403 g/mol. The fourth-order valence-electron chi connectivity index (χ4n) is 3.53. The normalized spacial score (nSPS) is 16.5. The third kappa shape index (κ3) is 3.40. The number of aromatic nitrogens is 3. The van der Waals surface area contributed by atoms with Gasteiger partial charge in [0.25, 0.3) is 0 Å². The minimum Gasteiger partial charge on any atom is -0.408 e. The first-order valence-electron chi connectivity index (χ1n) is 8.99. The van der Waals surface area contributed by atoms with E-state index in [1.807, 2.05) is 20.0 Å². The van der Waals surface area contributed by atoms with E-state index in [0.717, 1.165) is 11.5 Å². The summed E-state index contributed by atoms with van der Waals surface area (Å²) in [5.41, 5.74) is 1.61. The zero-order valence-corrected chi connectivity index (χ0v) is 16.4. The van der Waals surface area contributed by atoms with Crippen molar-refractivity contribution in [3.8, 4) is 0 Å². The van der Waals surface area contributed by atoms with E-state index < -0.39 is 15.8 Å². The van der Waals surface area contributed by atoms with Crippen LogP contribution in [0.3, 0.4) is 0 Å². The van der Waals surface area contributed by atoms with Crippen molar-refractivity contribution in [3.63, 3.8) is 0 Å². The number of H-pyrrole nitrogens is 1. The molecular formula is C18H21N5O4S. The molecule has 0 amide bonds. The summed E-state index contributed by atoms with van der Waals surface area (Å²) in [4.78, 5) is 24.4. The second kappa shape index (κ2) is 7.02. The van der Waals surface area contributed by atoms with E-state index >= 15 is 0 Å². The Kier molecular flexibility index (Phi) is 4.68. The Morgan fingerprint density at radius 3 is 2.68 bits per heavy atom. The quantitative estimate of drug-likeness (QED) is 0.702. The number of sulfonamides is 1. The number of hydrogen-bond acceptors (Lipinski definition) is 7. The zero-order valence-electron chi connectivity index (χ0n) is 15.6. The van der Waals surface area contributed by atoms with Gasteiger partial charge in [-0.15, -0.1) is 0 Å². The molecule has 28 heavy (non-hydrogen) atoms. The molecule has 148 valence electrons. The number of aryl methyl sites for hydroxylation is 1. The lowest BCUT2D eigenvalue weighted by Crippen LogP contribution is -2.45. The van der Waals surface area contributed by atoms with Crippen LogP contribution < -0.4 is 10.7 Å². The number of piperidine rings is 1. The van der Waals surface area contributed by atoms with Gasteiger partial charge in [-0.1, -0.05) is 0 Å². The van der Waals surface area contributed by atoms with Crippen LogP contribution in [0.25, 0.3) is 11.1 Å². The molecule has 3 heterocycles. The van der Waals surface area contributed by atoms with E-state index in [1.165, 1.54) is 28.8 Å². The maximum Gasteiger partial charge on any atom is 0.417 e. The van der Waals surface area contributed by atoms with E-state index in [0.29, 0.717) is 37.0 Å². The molecule has 0 radical (unpaired) electrons. The highest BCUT2D eigenvalue weighted by Crippen LogP contribution is 2.26. The van der Waals surface area contributed by atoms with Gasteiger partial charge in [0.2, 0.25) is 10.0 Å². The predicted molar refractivity (Wildman–Crippen MR) is 104 cm³/mol. The number of oxazole rings is 1. The number of nitrogens with zero attached hydrogens (tertiary/aromatic N) is 4. The summed E-state index contributed by atoms with van der Waals surface area (Å²) in [7, 11) is -1.67. The molecule has 0 saturated carbocycles. The average Bonchev–Trinajstić information content (AvgIpc) is 3.06. The number of benzene rings is 1. The second-order valence-electron chi connectivity index (χ2n) is 6.94. The number of rotatable bonds is 4. The number of aromatic amines is 1. The number of anilines is 1. The summed E-state index contributed by atoms with van der Waals surface area (Å²) < 4.78 is 32.4. The van der Waals surface area contributed by atoms with Gasteiger partial charge < -0.3 is 9.32 Å². The van der Waals surface area contributed by atoms with Crippen molar-refractivity contribution in [1.82, 2.24) is 19.3 Å². The summed E-state index contributed by atoms with van der Waals surface area (Å²) in [6, 6.07) is 6.53. The van der Waals surface area contributed by atoms with Gasteiger partial charge in [-0.3, -0.25) is 4.98 Å². The van der Waals surface area contributed by atoms with Crippen molar-refractivity contribution < 1.29 is 12.8 Å². The third-order valence-electron chi connectivity index (χ3n) is 5.15. The molecule has 1 aromatic carbocycles. The van der Waals surface area contributed by atoms with Crippen molar-refractivity contribution in [3.05, 3.63) is 46.8 Å². The van der Waals surface area contributed by atoms with Crippen molar-refractivity contribution in [1.29, 1.82) is 0 Å². The smallest absolute Gasteiger partial charge is 0.408 e. The summed E-state index contributed by atoms with van der Waals surface area (Å²) in [5, 5.41) is 0. The standard InChI is InChI=1S/C18H21N5O4S/c1-12-9-17(20-11-19-12)22(2)13-5-7-23(8-6-13)28(25,26)14-3-4-16-15(10-14)21-18(24)27-16/h3-4,9-11,13H,5-8H2,1-2H3,(H,21,24). The summed E-state index contributed by atoms with van der Waals surface area (Å²) in [6.45, 7) is 2.75. The molecule has 1 aliphatic heterocycles. The first-order chi connectivity index (χ1) is 13.3. The van der Waals surface area contributed by atoms with Gasteiger partial charge in [-0.05, 0) is 38.0 Å². The van der Waals surface area contributed by atoms with E-state index in [-0.39, 0.29) is 10.9 Å². The van der Waals surface area contributed by atoms with Crippen LogP contribution in [0.4, 0.5) is 5.82 Å². The highest BCUT2D eigenvalue weighted by atomic mass is 32.2. The van der Waals surface area contributed by atoms with Crippen LogP contribution in [0.1, 0.15) is 18.5 Å². The molecule has 1 fully saturated rings. The molecule has 0 bridgehead atoms. The molecule has 1 aliphatic rings. The Balaban J connectivity index is 1.49. The SMILES string of the molecule is Cc1cc(N(C)C2CCN(S(=O)(=O)c3ccc4oc(=O)[nH]c4c3)CC2)ncn1. The number of nitrogens with one attached hydrogen (secondary N) is 1. The molecule has 0 spiro atoms. The van der Waals surface area contributed by atoms with E-state index in [1.54, 1.807) is 0 Å². The molecule has 4 rings (SSSR count). The molecule has 0 atom stereocenters. The molecular weight excluding hydrogens is 382 g/mol. The van der Waals surface area contributed by atoms with Crippen LogP contribution >= 0.6 is 0 Å². The van der Waals surface area contributed by atoms with E-state index in [2.05, 4.69) is 19.9 Å². The molecule has 9 nitrogen and oxygen atoms in total. The molecule has 0 aliphatic carbocycles. The monoisotopic (exact) mass is 403 g/mol. The van der Waals surface area contributed by atoms with Crippen molar-refractivity contribution in [2.24, 2.45) is 0 Å². The van der Waals surface area contributed by atoms with Crippen molar-refractivity contribution in [2.45, 2.75) is 30.7 Å². The highest BCUT2D eigenvalue weighted by Gasteiger charge is 2.31. The van der Waals surface area contributed by atoms with Gasteiger partial charge in [-0.2, -0.15) is 4.31 Å². The summed E-state index contributed by atoms with van der Waals surface area (Å²) >= 11 is 0. The number of hydrogen-bond donors (Lipinski definition) is 1. The second-order valence-corrected chi connectivity index (χ2v) is 8.87. The van der Waals surface area contributed by atoms with Crippen LogP contribution in [0.15, 0.2) is 44.7 Å². The highest BCUT2D eigenvalue weighted by molar-refractivity contribution is 7.89. The Morgan fingerprint density at radius 2 is 1.96 bits per heavy atom. The van der Waals surface area contributed by atoms with Gasteiger partial charge in [0.15, 0.2) is 5.58 Å². The van der Waals surface area contributed by atoms with Gasteiger partial charge in [0.1, 0.15) is 12.1 Å². The topological polar surface area (TPSA) is 112 Å². The molecule has 10 heteroatoms. The maximum atomic E-state index is 13.0. The maximum absolute atomic E-state index is 13.0. The number of fused-ring (bicyclic) bond motifs is 1. The van der Waals surface area contributed by atoms with Crippen LogP contribution in [0.5, 0.6) is 0 Å². The van der Waals surface area contributed by atoms with E-state index in [9.17, 15) is 13.2 Å². The van der Waals surface area contributed by atoms with Crippen LogP contribution in [-0.2, 0) is 10.0 Å². The van der Waals surface area contributed by atoms with Crippen LogP contribution in [-0.4, -0.2) is 53.9 Å². The molecule has 1 N–H and O–H groups in total. The minimum absolute atomic E-state index is 0.148. The van der Waals surface area contributed by atoms with Crippen molar-refractivity contribution in [2.75, 3.05) is 25.0 Å². The fraction of sp³-hybridized carbons (Fsp3) is 0.389. The van der Waals surface area contributed by atoms with E-state index in [4.69, 9.17) is 4.42 Å². The molecule has 1 saturated heterocycles. The minimum atomic E-state index is -3.64. The Morgan fingerprint density at radius 1 is 1.21 bits per heavy atom.